The molecule has 0 aliphatic heterocycles. The predicted molar refractivity (Wildman–Crippen MR) is 76.7 cm³/mol. The standard InChI is InChI=1S/C15H17ClN2O/c1-2-19-15-11-13(16)17-14(18-15)10-6-9-12-7-4-3-5-8-12/h3-5,7-8,11H,2,6,9-10H2,1H3. The van der Waals surface area contributed by atoms with Crippen molar-refractivity contribution in [3.8, 4) is 5.88 Å². The molecule has 1 aromatic heterocycles. The van der Waals surface area contributed by atoms with Crippen LogP contribution >= 0.6 is 11.6 Å². The molecule has 0 unspecified atom stereocenters. The molecular weight excluding hydrogens is 260 g/mol. The van der Waals surface area contributed by atoms with Gasteiger partial charge in [-0.15, -0.1) is 0 Å². The summed E-state index contributed by atoms with van der Waals surface area (Å²) in [5.74, 6) is 1.30. The van der Waals surface area contributed by atoms with E-state index in [2.05, 4.69) is 34.2 Å². The van der Waals surface area contributed by atoms with Gasteiger partial charge in [0, 0.05) is 12.5 Å². The van der Waals surface area contributed by atoms with Crippen LogP contribution in [0.25, 0.3) is 0 Å². The van der Waals surface area contributed by atoms with Gasteiger partial charge in [-0.3, -0.25) is 0 Å². The molecular formula is C15H17ClN2O. The molecule has 3 nitrogen and oxygen atoms in total. The van der Waals surface area contributed by atoms with Crippen molar-refractivity contribution in [1.29, 1.82) is 0 Å². The molecule has 0 bridgehead atoms. The Kier molecular flexibility index (Phi) is 5.16. The molecule has 0 N–H and O–H groups in total. The molecule has 19 heavy (non-hydrogen) atoms. The van der Waals surface area contributed by atoms with Crippen LogP contribution in [0, 0.1) is 0 Å². The highest BCUT2D eigenvalue weighted by Crippen LogP contribution is 2.15. The van der Waals surface area contributed by atoms with Crippen molar-refractivity contribution in [2.24, 2.45) is 0 Å². The number of hydrogen-bond acceptors (Lipinski definition) is 3. The molecule has 1 heterocycles. The normalized spacial score (nSPS) is 10.4. The molecule has 1 aromatic carbocycles. The second kappa shape index (κ2) is 7.10. The third kappa shape index (κ3) is 4.52. The van der Waals surface area contributed by atoms with Crippen molar-refractivity contribution in [1.82, 2.24) is 9.97 Å². The summed E-state index contributed by atoms with van der Waals surface area (Å²) in [6.45, 7) is 2.50. The van der Waals surface area contributed by atoms with Crippen LogP contribution in [0.15, 0.2) is 36.4 Å². The van der Waals surface area contributed by atoms with Gasteiger partial charge in [-0.05, 0) is 25.3 Å². The molecule has 0 aliphatic carbocycles. The molecule has 2 aromatic rings. The molecule has 0 spiro atoms. The van der Waals surface area contributed by atoms with Gasteiger partial charge < -0.3 is 4.74 Å². The molecule has 0 amide bonds. The van der Waals surface area contributed by atoms with E-state index in [4.69, 9.17) is 16.3 Å². The summed E-state index contributed by atoms with van der Waals surface area (Å²) in [6.07, 6.45) is 2.81. The van der Waals surface area contributed by atoms with Crippen LogP contribution in [0.2, 0.25) is 5.15 Å². The highest BCUT2D eigenvalue weighted by molar-refractivity contribution is 6.29. The Hall–Kier alpha value is -1.61. The molecule has 0 radical (unpaired) electrons. The van der Waals surface area contributed by atoms with Crippen LogP contribution in [0.5, 0.6) is 5.88 Å². The van der Waals surface area contributed by atoms with Gasteiger partial charge >= 0.3 is 0 Å². The van der Waals surface area contributed by atoms with Crippen molar-refractivity contribution >= 4 is 11.6 Å². The molecule has 2 rings (SSSR count). The summed E-state index contributed by atoms with van der Waals surface area (Å²) in [7, 11) is 0. The zero-order chi connectivity index (χ0) is 13.5. The Morgan fingerprint density at radius 2 is 1.89 bits per heavy atom. The van der Waals surface area contributed by atoms with E-state index in [0.29, 0.717) is 17.6 Å². The Balaban J connectivity index is 1.92. The topological polar surface area (TPSA) is 35.0 Å². The fourth-order valence-electron chi connectivity index (χ4n) is 1.87. The van der Waals surface area contributed by atoms with E-state index < -0.39 is 0 Å². The summed E-state index contributed by atoms with van der Waals surface area (Å²) < 4.78 is 5.36. The molecule has 0 fully saturated rings. The first-order valence-electron chi connectivity index (χ1n) is 6.48. The summed E-state index contributed by atoms with van der Waals surface area (Å²) in [4.78, 5) is 8.56. The average Bonchev–Trinajstić information content (AvgIpc) is 2.40. The number of hydrogen-bond donors (Lipinski definition) is 0. The van der Waals surface area contributed by atoms with Crippen LogP contribution in [0.1, 0.15) is 24.7 Å². The number of aromatic nitrogens is 2. The second-order valence-corrected chi connectivity index (χ2v) is 4.60. The van der Waals surface area contributed by atoms with Gasteiger partial charge in [0.25, 0.3) is 0 Å². The molecule has 0 saturated heterocycles. The zero-order valence-corrected chi connectivity index (χ0v) is 11.7. The number of benzene rings is 1. The lowest BCUT2D eigenvalue weighted by molar-refractivity contribution is 0.324. The lowest BCUT2D eigenvalue weighted by Crippen LogP contribution is -2.01. The van der Waals surface area contributed by atoms with Crippen molar-refractivity contribution in [3.63, 3.8) is 0 Å². The quantitative estimate of drug-likeness (QED) is 0.755. The van der Waals surface area contributed by atoms with E-state index in [1.54, 1.807) is 6.07 Å². The minimum atomic E-state index is 0.438. The first kappa shape index (κ1) is 13.8. The monoisotopic (exact) mass is 276 g/mol. The van der Waals surface area contributed by atoms with Crippen LogP contribution in [0.4, 0.5) is 0 Å². The SMILES string of the molecule is CCOc1cc(Cl)nc(CCCc2ccccc2)n1. The third-order valence-corrected chi connectivity index (χ3v) is 2.91. The average molecular weight is 277 g/mol. The van der Waals surface area contributed by atoms with E-state index in [-0.39, 0.29) is 0 Å². The maximum Gasteiger partial charge on any atom is 0.218 e. The Morgan fingerprint density at radius 1 is 1.11 bits per heavy atom. The van der Waals surface area contributed by atoms with Crippen LogP contribution in [0.3, 0.4) is 0 Å². The van der Waals surface area contributed by atoms with Gasteiger partial charge in [0.1, 0.15) is 11.0 Å². The highest BCUT2D eigenvalue weighted by Gasteiger charge is 2.04. The Morgan fingerprint density at radius 3 is 2.63 bits per heavy atom. The largest absolute Gasteiger partial charge is 0.478 e. The first-order chi connectivity index (χ1) is 9.28. The maximum absolute atomic E-state index is 5.95. The van der Waals surface area contributed by atoms with Crippen molar-refractivity contribution in [2.45, 2.75) is 26.2 Å². The lowest BCUT2D eigenvalue weighted by Gasteiger charge is -2.05. The fourth-order valence-corrected chi connectivity index (χ4v) is 2.06. The van der Waals surface area contributed by atoms with Crippen molar-refractivity contribution in [3.05, 3.63) is 52.9 Å². The summed E-state index contributed by atoms with van der Waals surface area (Å²) >= 11 is 5.95. The summed E-state index contributed by atoms with van der Waals surface area (Å²) in [5, 5.41) is 0.438. The van der Waals surface area contributed by atoms with Gasteiger partial charge in [0.2, 0.25) is 5.88 Å². The number of nitrogens with zero attached hydrogens (tertiary/aromatic N) is 2. The van der Waals surface area contributed by atoms with Gasteiger partial charge in [-0.25, -0.2) is 4.98 Å². The third-order valence-electron chi connectivity index (χ3n) is 2.72. The lowest BCUT2D eigenvalue weighted by atomic mass is 10.1. The smallest absolute Gasteiger partial charge is 0.218 e. The van der Waals surface area contributed by atoms with Gasteiger partial charge in [-0.2, -0.15) is 4.98 Å². The van der Waals surface area contributed by atoms with Crippen molar-refractivity contribution in [2.75, 3.05) is 6.61 Å². The predicted octanol–water partition coefficient (Wildman–Crippen LogP) is 3.70. The van der Waals surface area contributed by atoms with E-state index in [1.807, 2.05) is 13.0 Å². The summed E-state index contributed by atoms with van der Waals surface area (Å²) in [6, 6.07) is 12.0. The Bertz CT molecular complexity index is 517. The number of ether oxygens (including phenoxy) is 1. The number of aryl methyl sites for hydroxylation is 2. The fraction of sp³-hybridized carbons (Fsp3) is 0.333. The first-order valence-corrected chi connectivity index (χ1v) is 6.86. The molecule has 100 valence electrons. The Labute approximate surface area is 118 Å². The van der Waals surface area contributed by atoms with E-state index in [1.165, 1.54) is 5.56 Å². The second-order valence-electron chi connectivity index (χ2n) is 4.22. The minimum Gasteiger partial charge on any atom is -0.478 e. The van der Waals surface area contributed by atoms with Gasteiger partial charge in [0.05, 0.1) is 6.61 Å². The van der Waals surface area contributed by atoms with Crippen LogP contribution in [-0.4, -0.2) is 16.6 Å². The van der Waals surface area contributed by atoms with E-state index in [0.717, 1.165) is 25.1 Å². The molecule has 0 atom stereocenters. The van der Waals surface area contributed by atoms with Gasteiger partial charge in [0.15, 0.2) is 0 Å². The van der Waals surface area contributed by atoms with E-state index >= 15 is 0 Å². The van der Waals surface area contributed by atoms with E-state index in [9.17, 15) is 0 Å². The molecule has 0 aliphatic rings. The zero-order valence-electron chi connectivity index (χ0n) is 11.0. The van der Waals surface area contributed by atoms with Crippen molar-refractivity contribution < 1.29 is 4.74 Å². The maximum atomic E-state index is 5.95. The van der Waals surface area contributed by atoms with Crippen LogP contribution in [-0.2, 0) is 12.8 Å². The van der Waals surface area contributed by atoms with Gasteiger partial charge in [-0.1, -0.05) is 41.9 Å². The molecule has 0 saturated carbocycles. The van der Waals surface area contributed by atoms with Crippen LogP contribution < -0.4 is 4.74 Å². The molecule has 4 heteroatoms. The summed E-state index contributed by atoms with van der Waals surface area (Å²) in [5.41, 5.74) is 1.33. The highest BCUT2D eigenvalue weighted by atomic mass is 35.5. The number of rotatable bonds is 6. The number of halogens is 1. The minimum absolute atomic E-state index is 0.438.